The summed E-state index contributed by atoms with van der Waals surface area (Å²) >= 11 is 1.29. The van der Waals surface area contributed by atoms with Crippen molar-refractivity contribution in [3.63, 3.8) is 0 Å². The van der Waals surface area contributed by atoms with Crippen LogP contribution >= 0.6 is 11.8 Å². The third-order valence-corrected chi connectivity index (χ3v) is 7.91. The summed E-state index contributed by atoms with van der Waals surface area (Å²) in [4.78, 5) is 19.0. The zero-order valence-electron chi connectivity index (χ0n) is 17.5. The number of amides is 1. The second-order valence-electron chi connectivity index (χ2n) is 7.49. The summed E-state index contributed by atoms with van der Waals surface area (Å²) in [5.41, 5.74) is 1.79. The van der Waals surface area contributed by atoms with Crippen LogP contribution in [0.2, 0.25) is 0 Å². The highest BCUT2D eigenvalue weighted by atomic mass is 32.2. The third kappa shape index (κ3) is 5.53. The number of benzene rings is 1. The summed E-state index contributed by atoms with van der Waals surface area (Å²) in [6.45, 7) is 2.92. The first-order valence-corrected chi connectivity index (χ1v) is 12.3. The maximum Gasteiger partial charge on any atom is 0.244 e. The molecule has 1 fully saturated rings. The van der Waals surface area contributed by atoms with Crippen LogP contribution in [0.3, 0.4) is 0 Å². The highest BCUT2D eigenvalue weighted by Gasteiger charge is 2.26. The number of nitrogens with zero attached hydrogens (tertiary/aromatic N) is 3. The lowest BCUT2D eigenvalue weighted by Crippen LogP contribution is -2.35. The first kappa shape index (κ1) is 22.6. The minimum Gasteiger partial charge on any atom is -0.378 e. The first-order valence-electron chi connectivity index (χ1n) is 9.98. The average Bonchev–Trinajstić information content (AvgIpc) is 2.75. The van der Waals surface area contributed by atoms with Gasteiger partial charge in [-0.1, -0.05) is 18.2 Å². The topological polar surface area (TPSA) is 82.6 Å². The Balaban J connectivity index is 1.59. The van der Waals surface area contributed by atoms with Crippen molar-refractivity contribution < 1.29 is 13.2 Å². The lowest BCUT2D eigenvalue weighted by atomic mass is 10.2. The van der Waals surface area contributed by atoms with Crippen LogP contribution in [0.1, 0.15) is 26.2 Å². The van der Waals surface area contributed by atoms with E-state index in [4.69, 9.17) is 0 Å². The number of carbonyl (C=O) groups is 1. The molecule has 1 amide bonds. The minimum atomic E-state index is -3.50. The largest absolute Gasteiger partial charge is 0.378 e. The van der Waals surface area contributed by atoms with Gasteiger partial charge in [0.1, 0.15) is 4.90 Å². The number of thioether (sulfide) groups is 1. The molecule has 1 atom stereocenters. The Morgan fingerprint density at radius 3 is 2.33 bits per heavy atom. The van der Waals surface area contributed by atoms with Crippen LogP contribution in [0.15, 0.2) is 52.5 Å². The summed E-state index contributed by atoms with van der Waals surface area (Å²) in [6, 6.07) is 10.8. The molecule has 0 saturated carbocycles. The van der Waals surface area contributed by atoms with Crippen LogP contribution in [-0.4, -0.2) is 56.0 Å². The van der Waals surface area contributed by atoms with Gasteiger partial charge in [0.15, 0.2) is 0 Å². The van der Waals surface area contributed by atoms with E-state index in [1.165, 1.54) is 22.3 Å². The van der Waals surface area contributed by atoms with Crippen LogP contribution in [0, 0.1) is 0 Å². The molecule has 162 valence electrons. The number of carbonyl (C=O) groups excluding carboxylic acids is 1. The fourth-order valence-electron chi connectivity index (χ4n) is 3.16. The monoisotopic (exact) mass is 448 g/mol. The fraction of sp³-hybridized carbons (Fsp3) is 0.429. The van der Waals surface area contributed by atoms with Crippen LogP contribution in [0.5, 0.6) is 0 Å². The predicted molar refractivity (Wildman–Crippen MR) is 122 cm³/mol. The van der Waals surface area contributed by atoms with Crippen LogP contribution in [0.25, 0.3) is 0 Å². The molecule has 0 spiro atoms. The van der Waals surface area contributed by atoms with Gasteiger partial charge in [0.2, 0.25) is 15.9 Å². The molecule has 1 aliphatic heterocycles. The lowest BCUT2D eigenvalue weighted by molar-refractivity contribution is -0.115. The van der Waals surface area contributed by atoms with Crippen molar-refractivity contribution in [2.24, 2.45) is 0 Å². The maximum atomic E-state index is 12.7. The molecule has 1 saturated heterocycles. The Labute approximate surface area is 182 Å². The summed E-state index contributed by atoms with van der Waals surface area (Å²) < 4.78 is 26.9. The molecule has 2 heterocycles. The molecule has 0 unspecified atom stereocenters. The number of piperidine rings is 1. The third-order valence-electron chi connectivity index (χ3n) is 4.98. The van der Waals surface area contributed by atoms with Crippen LogP contribution < -0.4 is 10.2 Å². The van der Waals surface area contributed by atoms with E-state index in [0.717, 1.165) is 30.6 Å². The Kier molecular flexibility index (Phi) is 7.38. The molecular weight excluding hydrogens is 420 g/mol. The first-order chi connectivity index (χ1) is 14.3. The molecule has 1 N–H and O–H groups in total. The van der Waals surface area contributed by atoms with Crippen molar-refractivity contribution in [2.45, 2.75) is 41.4 Å². The molecule has 1 aliphatic rings. The zero-order chi connectivity index (χ0) is 21.7. The van der Waals surface area contributed by atoms with Gasteiger partial charge in [-0.25, -0.2) is 13.4 Å². The molecular formula is C21H28N4O3S2. The molecule has 1 aromatic carbocycles. The Morgan fingerprint density at radius 1 is 1.10 bits per heavy atom. The molecule has 7 nitrogen and oxygen atoms in total. The molecule has 3 rings (SSSR count). The number of anilines is 2. The Bertz CT molecular complexity index is 955. The van der Waals surface area contributed by atoms with Gasteiger partial charge in [0, 0.05) is 44.8 Å². The molecule has 30 heavy (non-hydrogen) atoms. The SMILES string of the molecule is C[C@@H](Sc1ccc(S(=O)(=O)N2CCCCC2)cn1)C(=O)Nc1ccc(N(C)C)cc1. The predicted octanol–water partition coefficient (Wildman–Crippen LogP) is 3.44. The van der Waals surface area contributed by atoms with Gasteiger partial charge in [-0.05, 0) is 56.2 Å². The highest BCUT2D eigenvalue weighted by molar-refractivity contribution is 8.00. The smallest absolute Gasteiger partial charge is 0.244 e. The number of pyridine rings is 1. The van der Waals surface area contributed by atoms with Gasteiger partial charge >= 0.3 is 0 Å². The van der Waals surface area contributed by atoms with E-state index in [1.807, 2.05) is 43.3 Å². The zero-order valence-corrected chi connectivity index (χ0v) is 19.2. The van der Waals surface area contributed by atoms with Gasteiger partial charge in [-0.3, -0.25) is 4.79 Å². The van der Waals surface area contributed by atoms with Gasteiger partial charge in [0.25, 0.3) is 0 Å². The number of sulfonamides is 1. The Morgan fingerprint density at radius 2 is 1.77 bits per heavy atom. The number of aromatic nitrogens is 1. The molecule has 0 bridgehead atoms. The van der Waals surface area contributed by atoms with E-state index in [2.05, 4.69) is 10.3 Å². The Hall–Kier alpha value is -2.10. The highest BCUT2D eigenvalue weighted by Crippen LogP contribution is 2.25. The number of hydrogen-bond acceptors (Lipinski definition) is 6. The molecule has 0 radical (unpaired) electrons. The second kappa shape index (κ2) is 9.80. The van der Waals surface area contributed by atoms with E-state index < -0.39 is 10.0 Å². The lowest BCUT2D eigenvalue weighted by Gasteiger charge is -2.25. The summed E-state index contributed by atoms with van der Waals surface area (Å²) in [7, 11) is 0.426. The standard InChI is InChI=1S/C21H28N4O3S2/c1-16(21(26)23-17-7-9-18(10-8-17)24(2)3)29-20-12-11-19(15-22-20)30(27,28)25-13-5-4-6-14-25/h7-12,15-16H,4-6,13-14H2,1-3H3,(H,23,26)/t16-/m1/s1. The van der Waals surface area contributed by atoms with Crippen molar-refractivity contribution in [3.05, 3.63) is 42.6 Å². The van der Waals surface area contributed by atoms with Crippen LogP contribution in [0.4, 0.5) is 11.4 Å². The molecule has 2 aromatic rings. The van der Waals surface area contributed by atoms with E-state index >= 15 is 0 Å². The van der Waals surface area contributed by atoms with Gasteiger partial charge in [0.05, 0.1) is 10.3 Å². The van der Waals surface area contributed by atoms with Gasteiger partial charge in [-0.2, -0.15) is 4.31 Å². The number of hydrogen-bond donors (Lipinski definition) is 1. The fourth-order valence-corrected chi connectivity index (χ4v) is 5.42. The van der Waals surface area contributed by atoms with Crippen LogP contribution in [-0.2, 0) is 14.8 Å². The summed E-state index contributed by atoms with van der Waals surface area (Å²) in [6.07, 6.45) is 4.24. The number of nitrogens with one attached hydrogen (secondary N) is 1. The van der Waals surface area contributed by atoms with E-state index in [-0.39, 0.29) is 16.1 Å². The molecule has 1 aromatic heterocycles. The summed E-state index contributed by atoms with van der Waals surface area (Å²) in [5, 5.41) is 3.13. The normalized spacial score (nSPS) is 16.1. The van der Waals surface area contributed by atoms with Gasteiger partial charge in [-0.15, -0.1) is 0 Å². The molecule has 9 heteroatoms. The van der Waals surface area contributed by atoms with Crippen molar-refractivity contribution in [1.29, 1.82) is 0 Å². The van der Waals surface area contributed by atoms with Crippen molar-refractivity contribution >= 4 is 39.1 Å². The maximum absolute atomic E-state index is 12.7. The second-order valence-corrected chi connectivity index (χ2v) is 10.8. The van der Waals surface area contributed by atoms with Crippen molar-refractivity contribution in [2.75, 3.05) is 37.4 Å². The van der Waals surface area contributed by atoms with E-state index in [0.29, 0.717) is 18.1 Å². The minimum absolute atomic E-state index is 0.135. The van der Waals surface area contributed by atoms with E-state index in [9.17, 15) is 13.2 Å². The number of rotatable bonds is 7. The summed E-state index contributed by atoms with van der Waals surface area (Å²) in [5.74, 6) is -0.135. The van der Waals surface area contributed by atoms with Gasteiger partial charge < -0.3 is 10.2 Å². The van der Waals surface area contributed by atoms with Crippen molar-refractivity contribution in [1.82, 2.24) is 9.29 Å². The quantitative estimate of drug-likeness (QED) is 0.654. The van der Waals surface area contributed by atoms with E-state index in [1.54, 1.807) is 19.1 Å². The van der Waals surface area contributed by atoms with Crippen molar-refractivity contribution in [3.8, 4) is 0 Å². The molecule has 0 aliphatic carbocycles. The average molecular weight is 449 g/mol.